The molecule has 116 valence electrons. The number of carbonyl (C=O) groups is 2. The second kappa shape index (κ2) is 6.90. The molecular formula is C13H25N3O4. The van der Waals surface area contributed by atoms with E-state index in [1.165, 1.54) is 0 Å². The number of ether oxygens (including phenoxy) is 1. The molecule has 7 heteroatoms. The van der Waals surface area contributed by atoms with Crippen LogP contribution in [0.5, 0.6) is 0 Å². The van der Waals surface area contributed by atoms with Gasteiger partial charge in [-0.25, -0.2) is 9.59 Å². The zero-order valence-electron chi connectivity index (χ0n) is 12.6. The Kier molecular flexibility index (Phi) is 5.76. The number of rotatable bonds is 4. The summed E-state index contributed by atoms with van der Waals surface area (Å²) >= 11 is 0. The molecule has 0 spiro atoms. The fraction of sp³-hybridized carbons (Fsp3) is 0.846. The highest BCUT2D eigenvalue weighted by atomic mass is 16.5. The van der Waals surface area contributed by atoms with Crippen molar-refractivity contribution in [3.8, 4) is 0 Å². The Balaban J connectivity index is 2.40. The maximum absolute atomic E-state index is 11.8. The van der Waals surface area contributed by atoms with Crippen LogP contribution < -0.4 is 10.6 Å². The van der Waals surface area contributed by atoms with Crippen molar-refractivity contribution in [3.63, 3.8) is 0 Å². The van der Waals surface area contributed by atoms with Crippen molar-refractivity contribution in [3.05, 3.63) is 0 Å². The molecule has 2 atom stereocenters. The normalized spacial score (nSPS) is 22.1. The summed E-state index contributed by atoms with van der Waals surface area (Å²) in [7, 11) is 2.00. The van der Waals surface area contributed by atoms with Crippen LogP contribution in [0.2, 0.25) is 0 Å². The lowest BCUT2D eigenvalue weighted by molar-refractivity contribution is -0.141. The molecule has 0 aromatic heterocycles. The molecule has 1 unspecified atom stereocenters. The molecule has 20 heavy (non-hydrogen) atoms. The average molecular weight is 287 g/mol. The van der Waals surface area contributed by atoms with Gasteiger partial charge in [-0.15, -0.1) is 0 Å². The van der Waals surface area contributed by atoms with Crippen LogP contribution in [0.1, 0.15) is 20.8 Å². The van der Waals surface area contributed by atoms with Crippen LogP contribution in [0, 0.1) is 5.41 Å². The van der Waals surface area contributed by atoms with Gasteiger partial charge in [-0.05, 0) is 12.5 Å². The first-order valence-electron chi connectivity index (χ1n) is 6.77. The predicted octanol–water partition coefficient (Wildman–Crippen LogP) is 0.116. The molecule has 0 aromatic rings. The number of nitrogens with zero attached hydrogens (tertiary/aromatic N) is 1. The number of morpholine rings is 1. The fourth-order valence-electron chi connectivity index (χ4n) is 2.03. The lowest BCUT2D eigenvalue weighted by Crippen LogP contribution is -2.54. The van der Waals surface area contributed by atoms with E-state index in [2.05, 4.69) is 15.5 Å². The first kappa shape index (κ1) is 16.7. The Morgan fingerprint density at radius 2 is 2.10 bits per heavy atom. The number of amides is 2. The summed E-state index contributed by atoms with van der Waals surface area (Å²) in [5.41, 5.74) is -0.551. The van der Waals surface area contributed by atoms with E-state index in [0.717, 1.165) is 13.1 Å². The highest BCUT2D eigenvalue weighted by Gasteiger charge is 2.32. The van der Waals surface area contributed by atoms with E-state index in [9.17, 15) is 9.59 Å². The number of urea groups is 1. The van der Waals surface area contributed by atoms with Gasteiger partial charge in [-0.3, -0.25) is 0 Å². The van der Waals surface area contributed by atoms with E-state index in [1.54, 1.807) is 20.8 Å². The molecule has 3 N–H and O–H groups in total. The van der Waals surface area contributed by atoms with Gasteiger partial charge < -0.3 is 25.4 Å². The van der Waals surface area contributed by atoms with Gasteiger partial charge in [-0.2, -0.15) is 0 Å². The van der Waals surface area contributed by atoms with Crippen LogP contribution in [-0.2, 0) is 9.53 Å². The van der Waals surface area contributed by atoms with E-state index < -0.39 is 23.5 Å². The van der Waals surface area contributed by atoms with Gasteiger partial charge in [-0.1, -0.05) is 20.8 Å². The Morgan fingerprint density at radius 1 is 1.45 bits per heavy atom. The summed E-state index contributed by atoms with van der Waals surface area (Å²) < 4.78 is 5.52. The van der Waals surface area contributed by atoms with Crippen LogP contribution in [0.4, 0.5) is 4.79 Å². The van der Waals surface area contributed by atoms with Crippen LogP contribution in [0.3, 0.4) is 0 Å². The third-order valence-electron chi connectivity index (χ3n) is 3.22. The zero-order chi connectivity index (χ0) is 15.3. The number of likely N-dealkylation sites (N-methyl/N-ethyl adjacent to an activating group) is 1. The Bertz CT molecular complexity index is 354. The summed E-state index contributed by atoms with van der Waals surface area (Å²) in [6, 6.07) is -1.42. The lowest BCUT2D eigenvalue weighted by Gasteiger charge is -2.31. The van der Waals surface area contributed by atoms with Gasteiger partial charge in [0, 0.05) is 19.6 Å². The fourth-order valence-corrected chi connectivity index (χ4v) is 2.03. The van der Waals surface area contributed by atoms with Crippen LogP contribution in [-0.4, -0.2) is 67.4 Å². The molecule has 7 nitrogen and oxygen atoms in total. The number of hydrogen-bond donors (Lipinski definition) is 3. The standard InChI is InChI=1S/C13H25N3O4/c1-13(2,3)10(11(17)18)15-12(19)14-7-9-8-16(4)5-6-20-9/h9-10H,5-8H2,1-4H3,(H,17,18)(H2,14,15,19)/t9?,10-/m0/s1. The average Bonchev–Trinajstić information content (AvgIpc) is 2.31. The SMILES string of the molecule is CN1CCOC(CNC(=O)N[C@@H](C(=O)O)C(C)(C)C)C1. The molecule has 0 radical (unpaired) electrons. The van der Waals surface area contributed by atoms with Gasteiger partial charge in [0.2, 0.25) is 0 Å². The number of carboxylic acids is 1. The van der Waals surface area contributed by atoms with Gasteiger partial charge >= 0.3 is 12.0 Å². The minimum Gasteiger partial charge on any atom is -0.480 e. The van der Waals surface area contributed by atoms with Crippen LogP contribution >= 0.6 is 0 Å². The van der Waals surface area contributed by atoms with Crippen molar-refractivity contribution >= 4 is 12.0 Å². The summed E-state index contributed by atoms with van der Waals surface area (Å²) in [6.07, 6.45) is -0.0579. The second-order valence-corrected chi connectivity index (χ2v) is 6.25. The monoisotopic (exact) mass is 287 g/mol. The molecule has 1 aliphatic rings. The quantitative estimate of drug-likeness (QED) is 0.683. The summed E-state index contributed by atoms with van der Waals surface area (Å²) in [6.45, 7) is 7.95. The number of aliphatic carboxylic acids is 1. The lowest BCUT2D eigenvalue weighted by atomic mass is 9.87. The maximum Gasteiger partial charge on any atom is 0.326 e. The van der Waals surface area contributed by atoms with Gasteiger partial charge in [0.1, 0.15) is 6.04 Å². The topological polar surface area (TPSA) is 90.9 Å². The first-order valence-corrected chi connectivity index (χ1v) is 6.77. The van der Waals surface area contributed by atoms with Crippen molar-refractivity contribution < 1.29 is 19.4 Å². The third kappa shape index (κ3) is 5.34. The van der Waals surface area contributed by atoms with Crippen molar-refractivity contribution in [2.24, 2.45) is 5.41 Å². The van der Waals surface area contributed by atoms with E-state index in [-0.39, 0.29) is 6.10 Å². The molecule has 1 heterocycles. The molecule has 1 saturated heterocycles. The Labute approximate surface area is 119 Å². The van der Waals surface area contributed by atoms with E-state index in [0.29, 0.717) is 13.2 Å². The summed E-state index contributed by atoms with van der Waals surface area (Å²) in [4.78, 5) is 25.1. The number of carbonyl (C=O) groups excluding carboxylic acids is 1. The highest BCUT2D eigenvalue weighted by molar-refractivity contribution is 5.83. The number of carboxylic acid groups (broad SMARTS) is 1. The molecule has 0 saturated carbocycles. The number of hydrogen-bond acceptors (Lipinski definition) is 4. The molecule has 0 bridgehead atoms. The van der Waals surface area contributed by atoms with Crippen LogP contribution in [0.15, 0.2) is 0 Å². The molecule has 1 rings (SSSR count). The van der Waals surface area contributed by atoms with Crippen molar-refractivity contribution in [2.45, 2.75) is 32.9 Å². The second-order valence-electron chi connectivity index (χ2n) is 6.25. The zero-order valence-corrected chi connectivity index (χ0v) is 12.6. The number of nitrogens with one attached hydrogen (secondary N) is 2. The maximum atomic E-state index is 11.8. The molecule has 1 aliphatic heterocycles. The summed E-state index contributed by atoms with van der Waals surface area (Å²) in [5.74, 6) is -1.04. The van der Waals surface area contributed by atoms with Crippen molar-refractivity contribution in [1.82, 2.24) is 15.5 Å². The molecule has 2 amide bonds. The summed E-state index contributed by atoms with van der Waals surface area (Å²) in [5, 5.41) is 14.3. The smallest absolute Gasteiger partial charge is 0.326 e. The minimum atomic E-state index is -1.04. The highest BCUT2D eigenvalue weighted by Crippen LogP contribution is 2.19. The van der Waals surface area contributed by atoms with Crippen molar-refractivity contribution in [1.29, 1.82) is 0 Å². The molecule has 1 fully saturated rings. The predicted molar refractivity (Wildman–Crippen MR) is 74.7 cm³/mol. The molecule has 0 aliphatic carbocycles. The van der Waals surface area contributed by atoms with Crippen molar-refractivity contribution in [2.75, 3.05) is 33.3 Å². The minimum absolute atomic E-state index is 0.0579. The van der Waals surface area contributed by atoms with E-state index in [1.807, 2.05) is 7.05 Å². The van der Waals surface area contributed by atoms with Gasteiger partial charge in [0.25, 0.3) is 0 Å². The third-order valence-corrected chi connectivity index (χ3v) is 3.22. The van der Waals surface area contributed by atoms with Gasteiger partial charge in [0.15, 0.2) is 0 Å². The Morgan fingerprint density at radius 3 is 2.60 bits per heavy atom. The molecule has 0 aromatic carbocycles. The van der Waals surface area contributed by atoms with E-state index in [4.69, 9.17) is 9.84 Å². The van der Waals surface area contributed by atoms with Crippen LogP contribution in [0.25, 0.3) is 0 Å². The van der Waals surface area contributed by atoms with Gasteiger partial charge in [0.05, 0.1) is 12.7 Å². The van der Waals surface area contributed by atoms with E-state index >= 15 is 0 Å². The Hall–Kier alpha value is -1.34. The molecular weight excluding hydrogens is 262 g/mol. The first-order chi connectivity index (χ1) is 9.20. The largest absolute Gasteiger partial charge is 0.480 e.